The minimum absolute atomic E-state index is 0.0849. The maximum absolute atomic E-state index is 12.0. The number of carbonyl (C=O) groups is 2. The van der Waals surface area contributed by atoms with E-state index in [4.69, 9.17) is 14.2 Å². The Morgan fingerprint density at radius 2 is 1.73 bits per heavy atom. The Labute approximate surface area is 193 Å². The molecule has 0 aromatic heterocycles. The number of ether oxygens (including phenoxy) is 3. The number of nitrogens with one attached hydrogen (secondary N) is 1. The van der Waals surface area contributed by atoms with E-state index in [1.807, 2.05) is 48.5 Å². The molecule has 0 radical (unpaired) electrons. The number of benzene rings is 3. The monoisotopic (exact) mass is 451 g/mol. The van der Waals surface area contributed by atoms with Crippen molar-refractivity contribution in [3.05, 3.63) is 71.8 Å². The highest BCUT2D eigenvalue weighted by atomic mass is 16.6. The van der Waals surface area contributed by atoms with Crippen molar-refractivity contribution in [3.63, 3.8) is 0 Å². The molecule has 33 heavy (non-hydrogen) atoms. The second-order valence-corrected chi connectivity index (χ2v) is 8.69. The van der Waals surface area contributed by atoms with E-state index in [-0.39, 0.29) is 13.0 Å². The molecule has 0 aliphatic rings. The van der Waals surface area contributed by atoms with Crippen LogP contribution in [0.2, 0.25) is 0 Å². The van der Waals surface area contributed by atoms with E-state index in [0.717, 1.165) is 27.6 Å². The summed E-state index contributed by atoms with van der Waals surface area (Å²) in [6.45, 7) is 5.39. The number of hydrogen-bond donors (Lipinski definition) is 2. The molecule has 7 heteroatoms. The third kappa shape index (κ3) is 6.87. The van der Waals surface area contributed by atoms with Gasteiger partial charge in [0.2, 0.25) is 0 Å². The Morgan fingerprint density at radius 1 is 1.00 bits per heavy atom. The van der Waals surface area contributed by atoms with Gasteiger partial charge in [-0.15, -0.1) is 0 Å². The summed E-state index contributed by atoms with van der Waals surface area (Å²) in [6.07, 6.45) is -0.690. The zero-order valence-electron chi connectivity index (χ0n) is 19.3. The van der Waals surface area contributed by atoms with Crippen molar-refractivity contribution in [3.8, 4) is 11.5 Å². The Hall–Kier alpha value is -3.74. The summed E-state index contributed by atoms with van der Waals surface area (Å²) in [5.74, 6) is 0.202. The number of fused-ring (bicyclic) bond motifs is 1. The molecule has 1 atom stereocenters. The van der Waals surface area contributed by atoms with Crippen molar-refractivity contribution < 1.29 is 28.9 Å². The standard InChI is InChI=1S/C26H29NO6/c1-26(2,3)33-25(30)27-22(24(28)29)14-17-9-12-23(31-4)20(13-17)16-32-21-11-10-18-7-5-6-8-19(18)15-21/h5-13,15,22H,14,16H2,1-4H3,(H,27,30)(H,28,29). The average Bonchev–Trinajstić information content (AvgIpc) is 2.76. The molecule has 0 saturated heterocycles. The van der Waals surface area contributed by atoms with E-state index in [1.54, 1.807) is 40.0 Å². The van der Waals surface area contributed by atoms with Gasteiger partial charge in [-0.05, 0) is 61.4 Å². The SMILES string of the molecule is COc1ccc(CC(NC(=O)OC(C)(C)C)C(=O)O)cc1COc1ccc2ccccc2c1. The molecule has 174 valence electrons. The molecule has 0 aliphatic heterocycles. The lowest BCUT2D eigenvalue weighted by atomic mass is 10.0. The summed E-state index contributed by atoms with van der Waals surface area (Å²) in [5, 5.41) is 14.2. The molecule has 0 spiro atoms. The van der Waals surface area contributed by atoms with Crippen LogP contribution in [0.25, 0.3) is 10.8 Å². The molecule has 0 saturated carbocycles. The largest absolute Gasteiger partial charge is 0.496 e. The van der Waals surface area contributed by atoms with Gasteiger partial charge < -0.3 is 24.6 Å². The number of amides is 1. The maximum Gasteiger partial charge on any atom is 0.408 e. The summed E-state index contributed by atoms with van der Waals surface area (Å²) in [5.41, 5.74) is 0.765. The van der Waals surface area contributed by atoms with Gasteiger partial charge >= 0.3 is 12.1 Å². The topological polar surface area (TPSA) is 94.1 Å². The number of carbonyl (C=O) groups excluding carboxylic acids is 1. The van der Waals surface area contributed by atoms with E-state index in [9.17, 15) is 14.7 Å². The van der Waals surface area contributed by atoms with E-state index < -0.39 is 23.7 Å². The van der Waals surface area contributed by atoms with Gasteiger partial charge in [0.15, 0.2) is 0 Å². The summed E-state index contributed by atoms with van der Waals surface area (Å²) in [7, 11) is 1.57. The Bertz CT molecular complexity index is 1140. The molecule has 1 unspecified atom stereocenters. The number of carboxylic acids is 1. The molecule has 1 amide bonds. The second kappa shape index (κ2) is 10.3. The molecule has 0 heterocycles. The molecule has 0 bridgehead atoms. The van der Waals surface area contributed by atoms with Crippen molar-refractivity contribution in [1.29, 1.82) is 0 Å². The summed E-state index contributed by atoms with van der Waals surface area (Å²) in [6, 6.07) is 18.1. The minimum atomic E-state index is -1.15. The lowest BCUT2D eigenvalue weighted by Gasteiger charge is -2.22. The lowest BCUT2D eigenvalue weighted by Crippen LogP contribution is -2.44. The van der Waals surface area contributed by atoms with E-state index in [1.165, 1.54) is 0 Å². The zero-order valence-corrected chi connectivity index (χ0v) is 19.3. The molecule has 3 rings (SSSR count). The fraction of sp³-hybridized carbons (Fsp3) is 0.308. The zero-order chi connectivity index (χ0) is 24.0. The molecular formula is C26H29NO6. The average molecular weight is 452 g/mol. The van der Waals surface area contributed by atoms with Crippen LogP contribution in [-0.4, -0.2) is 35.9 Å². The van der Waals surface area contributed by atoms with Gasteiger partial charge in [-0.25, -0.2) is 9.59 Å². The highest BCUT2D eigenvalue weighted by Gasteiger charge is 2.24. The van der Waals surface area contributed by atoms with E-state index in [2.05, 4.69) is 5.32 Å². The predicted octanol–water partition coefficient (Wildman–Crippen LogP) is 4.95. The first-order chi connectivity index (χ1) is 15.6. The highest BCUT2D eigenvalue weighted by Crippen LogP contribution is 2.25. The predicted molar refractivity (Wildman–Crippen MR) is 126 cm³/mol. The summed E-state index contributed by atoms with van der Waals surface area (Å²) in [4.78, 5) is 23.8. The Balaban J connectivity index is 1.73. The van der Waals surface area contributed by atoms with Gasteiger partial charge in [0.25, 0.3) is 0 Å². The number of rotatable bonds is 8. The van der Waals surface area contributed by atoms with Crippen LogP contribution >= 0.6 is 0 Å². The van der Waals surface area contributed by atoms with Crippen LogP contribution in [-0.2, 0) is 22.6 Å². The maximum atomic E-state index is 12.0. The summed E-state index contributed by atoms with van der Waals surface area (Å²) >= 11 is 0. The molecule has 3 aromatic carbocycles. The number of hydrogen-bond acceptors (Lipinski definition) is 5. The van der Waals surface area contributed by atoms with Gasteiger partial charge in [-0.1, -0.05) is 36.4 Å². The van der Waals surface area contributed by atoms with Crippen molar-refractivity contribution in [2.24, 2.45) is 0 Å². The molecule has 0 fully saturated rings. The van der Waals surface area contributed by atoms with Crippen LogP contribution in [0, 0.1) is 0 Å². The third-order valence-electron chi connectivity index (χ3n) is 4.89. The van der Waals surface area contributed by atoms with Crippen molar-refractivity contribution in [2.75, 3.05) is 7.11 Å². The second-order valence-electron chi connectivity index (χ2n) is 8.69. The van der Waals surface area contributed by atoms with Crippen molar-refractivity contribution in [2.45, 2.75) is 45.4 Å². The molecule has 7 nitrogen and oxygen atoms in total. The first kappa shape index (κ1) is 23.9. The van der Waals surface area contributed by atoms with Crippen molar-refractivity contribution in [1.82, 2.24) is 5.32 Å². The fourth-order valence-corrected chi connectivity index (χ4v) is 3.38. The van der Waals surface area contributed by atoms with E-state index in [0.29, 0.717) is 5.75 Å². The van der Waals surface area contributed by atoms with Crippen LogP contribution in [0.4, 0.5) is 4.79 Å². The molecular weight excluding hydrogens is 422 g/mol. The van der Waals surface area contributed by atoms with Crippen LogP contribution in [0.15, 0.2) is 60.7 Å². The van der Waals surface area contributed by atoms with Gasteiger partial charge in [0.05, 0.1) is 7.11 Å². The Morgan fingerprint density at radius 3 is 2.39 bits per heavy atom. The first-order valence-electron chi connectivity index (χ1n) is 10.6. The van der Waals surface area contributed by atoms with Crippen LogP contribution in [0.5, 0.6) is 11.5 Å². The number of methoxy groups -OCH3 is 1. The number of aliphatic carboxylic acids is 1. The molecule has 2 N–H and O–H groups in total. The van der Waals surface area contributed by atoms with Gasteiger partial charge in [-0.2, -0.15) is 0 Å². The van der Waals surface area contributed by atoms with Gasteiger partial charge in [0.1, 0.15) is 29.7 Å². The third-order valence-corrected chi connectivity index (χ3v) is 4.89. The van der Waals surface area contributed by atoms with Crippen LogP contribution in [0.3, 0.4) is 0 Å². The quantitative estimate of drug-likeness (QED) is 0.503. The van der Waals surface area contributed by atoms with E-state index >= 15 is 0 Å². The van der Waals surface area contributed by atoms with Gasteiger partial charge in [-0.3, -0.25) is 0 Å². The van der Waals surface area contributed by atoms with Gasteiger partial charge in [0, 0.05) is 12.0 Å². The number of alkyl carbamates (subject to hydrolysis) is 1. The summed E-state index contributed by atoms with van der Waals surface area (Å²) < 4.78 is 16.6. The first-order valence-corrected chi connectivity index (χ1v) is 10.6. The smallest absolute Gasteiger partial charge is 0.408 e. The van der Waals surface area contributed by atoms with Crippen molar-refractivity contribution >= 4 is 22.8 Å². The molecule has 3 aromatic rings. The molecule has 0 aliphatic carbocycles. The lowest BCUT2D eigenvalue weighted by molar-refractivity contribution is -0.139. The Kier molecular flexibility index (Phi) is 7.43. The highest BCUT2D eigenvalue weighted by molar-refractivity contribution is 5.83. The fourth-order valence-electron chi connectivity index (χ4n) is 3.38. The normalized spacial score (nSPS) is 12.1. The minimum Gasteiger partial charge on any atom is -0.496 e. The van der Waals surface area contributed by atoms with Crippen LogP contribution in [0.1, 0.15) is 31.9 Å². The number of carboxylic acid groups (broad SMARTS) is 1. The van der Waals surface area contributed by atoms with Crippen LogP contribution < -0.4 is 14.8 Å².